The van der Waals surface area contributed by atoms with Crippen LogP contribution in [0.2, 0.25) is 0 Å². The molecule has 1 aliphatic rings. The third-order valence-electron chi connectivity index (χ3n) is 4.61. The van der Waals surface area contributed by atoms with Gasteiger partial charge in [-0.3, -0.25) is 14.5 Å². The van der Waals surface area contributed by atoms with Gasteiger partial charge in [0, 0.05) is 24.7 Å². The summed E-state index contributed by atoms with van der Waals surface area (Å²) in [5, 5.41) is 2.90. The Morgan fingerprint density at radius 2 is 2.00 bits per heavy atom. The zero-order chi connectivity index (χ0) is 21.7. The number of aliphatic imine (C=N–C) groups is 1. The molecule has 1 aliphatic heterocycles. The number of aryl methyl sites for hydroxylation is 1. The molecule has 0 saturated carbocycles. The molecule has 1 N–H and O–H groups in total. The second-order valence-corrected chi connectivity index (χ2v) is 7.91. The first-order chi connectivity index (χ1) is 14.4. The van der Waals surface area contributed by atoms with Gasteiger partial charge in [0.15, 0.2) is 5.17 Å². The smallest absolute Gasteiger partial charge is 0.242 e. The van der Waals surface area contributed by atoms with E-state index in [0.29, 0.717) is 28.9 Å². The van der Waals surface area contributed by atoms with Crippen LogP contribution in [0.1, 0.15) is 18.9 Å². The van der Waals surface area contributed by atoms with E-state index in [1.165, 1.54) is 11.8 Å². The van der Waals surface area contributed by atoms with E-state index in [1.807, 2.05) is 38.1 Å². The number of methoxy groups -OCH3 is 2. The highest BCUT2D eigenvalue weighted by Crippen LogP contribution is 2.36. The molecule has 1 atom stereocenters. The summed E-state index contributed by atoms with van der Waals surface area (Å²) in [6.07, 6.45) is 0.0761. The number of carbonyl (C=O) groups is 2. The maximum absolute atomic E-state index is 12.8. The Balaban J connectivity index is 1.76. The van der Waals surface area contributed by atoms with Crippen molar-refractivity contribution >= 4 is 40.1 Å². The number of anilines is 1. The Kier molecular flexibility index (Phi) is 6.99. The number of benzene rings is 2. The number of thioether (sulfide) groups is 1. The highest BCUT2D eigenvalue weighted by Gasteiger charge is 2.38. The fourth-order valence-electron chi connectivity index (χ4n) is 3.10. The van der Waals surface area contributed by atoms with E-state index in [1.54, 1.807) is 37.3 Å². The molecule has 0 aromatic heterocycles. The Morgan fingerprint density at radius 1 is 1.20 bits per heavy atom. The number of hydrogen-bond acceptors (Lipinski definition) is 6. The monoisotopic (exact) mass is 427 g/mol. The minimum Gasteiger partial charge on any atom is -0.497 e. The molecule has 0 bridgehead atoms. The lowest BCUT2D eigenvalue weighted by Crippen LogP contribution is -2.33. The molecular formula is C22H25N3O4S. The lowest BCUT2D eigenvalue weighted by Gasteiger charge is -2.14. The lowest BCUT2D eigenvalue weighted by atomic mass is 10.2. The van der Waals surface area contributed by atoms with Crippen LogP contribution >= 0.6 is 11.8 Å². The third-order valence-corrected chi connectivity index (χ3v) is 5.79. The normalized spacial score (nSPS) is 17.3. The number of amides is 2. The van der Waals surface area contributed by atoms with E-state index < -0.39 is 5.25 Å². The van der Waals surface area contributed by atoms with Crippen LogP contribution in [0.5, 0.6) is 11.5 Å². The molecule has 2 amide bonds. The predicted molar refractivity (Wildman–Crippen MR) is 120 cm³/mol. The summed E-state index contributed by atoms with van der Waals surface area (Å²) in [5.41, 5.74) is 2.37. The minimum absolute atomic E-state index is 0.0761. The molecule has 30 heavy (non-hydrogen) atoms. The summed E-state index contributed by atoms with van der Waals surface area (Å²) in [7, 11) is 3.14. The molecule has 8 heteroatoms. The first-order valence-corrected chi connectivity index (χ1v) is 10.5. The van der Waals surface area contributed by atoms with E-state index in [9.17, 15) is 9.59 Å². The molecule has 1 unspecified atom stereocenters. The zero-order valence-electron chi connectivity index (χ0n) is 17.5. The summed E-state index contributed by atoms with van der Waals surface area (Å²) in [5.74, 6) is 0.884. The second-order valence-electron chi connectivity index (χ2n) is 6.74. The third kappa shape index (κ3) is 4.94. The van der Waals surface area contributed by atoms with Gasteiger partial charge in [0.05, 0.1) is 14.2 Å². The Morgan fingerprint density at radius 3 is 2.67 bits per heavy atom. The summed E-state index contributed by atoms with van der Waals surface area (Å²) < 4.78 is 10.6. The standard InChI is InChI=1S/C22H25N3O4S/c1-5-25-21(27)19(13-20(26)23-15-8-6-7-14(2)11-15)30-22(25)24-17-10-9-16(28-3)12-18(17)29-4/h6-12,19H,5,13H2,1-4H3,(H,23,26). The van der Waals surface area contributed by atoms with Gasteiger partial charge in [0.2, 0.25) is 11.8 Å². The molecular weight excluding hydrogens is 402 g/mol. The SMILES string of the molecule is CCN1C(=O)C(CC(=O)Nc2cccc(C)c2)SC1=Nc1ccc(OC)cc1OC. The van der Waals surface area contributed by atoms with Gasteiger partial charge >= 0.3 is 0 Å². The van der Waals surface area contributed by atoms with Crippen molar-refractivity contribution in [2.45, 2.75) is 25.5 Å². The average Bonchev–Trinajstić information content (AvgIpc) is 3.02. The van der Waals surface area contributed by atoms with Gasteiger partial charge in [0.25, 0.3) is 0 Å². The summed E-state index contributed by atoms with van der Waals surface area (Å²) >= 11 is 1.30. The van der Waals surface area contributed by atoms with E-state index in [4.69, 9.17) is 9.47 Å². The van der Waals surface area contributed by atoms with Crippen LogP contribution in [0.25, 0.3) is 0 Å². The molecule has 0 aliphatic carbocycles. The highest BCUT2D eigenvalue weighted by molar-refractivity contribution is 8.15. The first-order valence-electron chi connectivity index (χ1n) is 9.60. The van der Waals surface area contributed by atoms with Gasteiger partial charge in [-0.15, -0.1) is 0 Å². The van der Waals surface area contributed by atoms with Crippen molar-refractivity contribution in [3.8, 4) is 11.5 Å². The Hall–Kier alpha value is -3.00. The number of rotatable bonds is 7. The maximum atomic E-state index is 12.8. The van der Waals surface area contributed by atoms with Gasteiger partial charge in [-0.05, 0) is 43.7 Å². The number of amidine groups is 1. The van der Waals surface area contributed by atoms with E-state index in [2.05, 4.69) is 10.3 Å². The lowest BCUT2D eigenvalue weighted by molar-refractivity contribution is -0.128. The zero-order valence-corrected chi connectivity index (χ0v) is 18.3. The van der Waals surface area contributed by atoms with Crippen LogP contribution in [0.15, 0.2) is 47.5 Å². The van der Waals surface area contributed by atoms with Crippen LogP contribution < -0.4 is 14.8 Å². The van der Waals surface area contributed by atoms with Gasteiger partial charge in [0.1, 0.15) is 22.4 Å². The fraction of sp³-hybridized carbons (Fsp3) is 0.318. The van der Waals surface area contributed by atoms with Crippen molar-refractivity contribution < 1.29 is 19.1 Å². The van der Waals surface area contributed by atoms with E-state index in [0.717, 1.165) is 11.3 Å². The maximum Gasteiger partial charge on any atom is 0.242 e. The van der Waals surface area contributed by atoms with Crippen molar-refractivity contribution in [1.29, 1.82) is 0 Å². The molecule has 0 spiro atoms. The van der Waals surface area contributed by atoms with Crippen LogP contribution in [-0.4, -0.2) is 47.9 Å². The second kappa shape index (κ2) is 9.67. The van der Waals surface area contributed by atoms with Gasteiger partial charge in [-0.1, -0.05) is 23.9 Å². The molecule has 1 saturated heterocycles. The summed E-state index contributed by atoms with van der Waals surface area (Å²) in [6, 6.07) is 12.9. The number of hydrogen-bond donors (Lipinski definition) is 1. The largest absolute Gasteiger partial charge is 0.497 e. The number of carbonyl (C=O) groups excluding carboxylic acids is 2. The van der Waals surface area contributed by atoms with Gasteiger partial charge in [-0.25, -0.2) is 4.99 Å². The van der Waals surface area contributed by atoms with Gasteiger partial charge < -0.3 is 14.8 Å². The van der Waals surface area contributed by atoms with Gasteiger partial charge in [-0.2, -0.15) is 0 Å². The number of ether oxygens (including phenoxy) is 2. The van der Waals surface area contributed by atoms with E-state index in [-0.39, 0.29) is 18.2 Å². The van der Waals surface area contributed by atoms with Crippen LogP contribution in [-0.2, 0) is 9.59 Å². The topological polar surface area (TPSA) is 80.2 Å². The van der Waals surface area contributed by atoms with Crippen molar-refractivity contribution in [3.05, 3.63) is 48.0 Å². The summed E-state index contributed by atoms with van der Waals surface area (Å²) in [6.45, 7) is 4.31. The van der Waals surface area contributed by atoms with Crippen LogP contribution in [0.3, 0.4) is 0 Å². The van der Waals surface area contributed by atoms with E-state index >= 15 is 0 Å². The molecule has 7 nitrogen and oxygen atoms in total. The molecule has 2 aromatic rings. The molecule has 1 fully saturated rings. The van der Waals surface area contributed by atoms with Crippen molar-refractivity contribution in [2.75, 3.05) is 26.1 Å². The number of nitrogens with one attached hydrogen (secondary N) is 1. The average molecular weight is 428 g/mol. The fourth-order valence-corrected chi connectivity index (χ4v) is 4.31. The Bertz CT molecular complexity index is 977. The predicted octanol–water partition coefficient (Wildman–Crippen LogP) is 3.99. The molecule has 0 radical (unpaired) electrons. The minimum atomic E-state index is -0.516. The molecule has 2 aromatic carbocycles. The molecule has 3 rings (SSSR count). The van der Waals surface area contributed by atoms with Crippen molar-refractivity contribution in [1.82, 2.24) is 4.90 Å². The van der Waals surface area contributed by atoms with Crippen LogP contribution in [0.4, 0.5) is 11.4 Å². The molecule has 158 valence electrons. The Labute approximate surface area is 180 Å². The molecule has 1 heterocycles. The van der Waals surface area contributed by atoms with Crippen molar-refractivity contribution in [3.63, 3.8) is 0 Å². The summed E-state index contributed by atoms with van der Waals surface area (Å²) in [4.78, 5) is 31.5. The van der Waals surface area contributed by atoms with Crippen molar-refractivity contribution in [2.24, 2.45) is 4.99 Å². The number of nitrogens with zero attached hydrogens (tertiary/aromatic N) is 2. The highest BCUT2D eigenvalue weighted by atomic mass is 32.2. The quantitative estimate of drug-likeness (QED) is 0.723. The first kappa shape index (κ1) is 21.7. The van der Waals surface area contributed by atoms with Crippen LogP contribution in [0, 0.1) is 6.92 Å².